The molecule has 0 saturated carbocycles. The van der Waals surface area contributed by atoms with Gasteiger partial charge in [0.1, 0.15) is 17.7 Å². The van der Waals surface area contributed by atoms with E-state index in [0.29, 0.717) is 18.2 Å². The zero-order chi connectivity index (χ0) is 16.7. The van der Waals surface area contributed by atoms with Gasteiger partial charge in [-0.05, 0) is 45.0 Å². The summed E-state index contributed by atoms with van der Waals surface area (Å²) in [7, 11) is 3.91. The highest BCUT2D eigenvalue weighted by molar-refractivity contribution is 5.79. The van der Waals surface area contributed by atoms with E-state index in [1.807, 2.05) is 6.92 Å². The van der Waals surface area contributed by atoms with E-state index in [-0.39, 0.29) is 11.9 Å². The molecule has 1 heterocycles. The Labute approximate surface area is 137 Å². The highest BCUT2D eigenvalue weighted by Crippen LogP contribution is 2.14. The van der Waals surface area contributed by atoms with Crippen LogP contribution in [-0.2, 0) is 0 Å². The third kappa shape index (κ3) is 6.06. The van der Waals surface area contributed by atoms with Gasteiger partial charge in [0.25, 0.3) is 0 Å². The summed E-state index contributed by atoms with van der Waals surface area (Å²) in [6.45, 7) is 5.75. The fourth-order valence-corrected chi connectivity index (χ4v) is 2.71. The van der Waals surface area contributed by atoms with Crippen molar-refractivity contribution in [2.75, 3.05) is 40.3 Å². The first-order valence-electron chi connectivity index (χ1n) is 8.12. The van der Waals surface area contributed by atoms with Gasteiger partial charge in [-0.25, -0.2) is 4.39 Å². The van der Waals surface area contributed by atoms with Crippen molar-refractivity contribution in [3.8, 4) is 5.75 Å². The molecule has 0 aromatic heterocycles. The van der Waals surface area contributed by atoms with Gasteiger partial charge in [-0.2, -0.15) is 0 Å². The van der Waals surface area contributed by atoms with Crippen LogP contribution in [0.1, 0.15) is 13.3 Å². The summed E-state index contributed by atoms with van der Waals surface area (Å²) in [5.41, 5.74) is 0. The summed E-state index contributed by atoms with van der Waals surface area (Å²) in [6, 6.07) is 6.19. The molecular formula is C17H27FN4O. The number of hydrogen-bond donors (Lipinski definition) is 2. The minimum atomic E-state index is -0.290. The molecule has 0 amide bonds. The Kier molecular flexibility index (Phi) is 6.65. The molecule has 5 nitrogen and oxygen atoms in total. The Hall–Kier alpha value is -1.82. The molecule has 0 spiro atoms. The molecule has 2 atom stereocenters. The van der Waals surface area contributed by atoms with Gasteiger partial charge in [-0.1, -0.05) is 6.07 Å². The van der Waals surface area contributed by atoms with Crippen LogP contribution in [0.4, 0.5) is 4.39 Å². The number of ether oxygens (including phenoxy) is 1. The quantitative estimate of drug-likeness (QED) is 0.618. The maximum Gasteiger partial charge on any atom is 0.191 e. The summed E-state index contributed by atoms with van der Waals surface area (Å²) in [6.07, 6.45) is 1.13. The number of nitrogens with zero attached hydrogens (tertiary/aromatic N) is 2. The molecule has 1 aromatic carbocycles. The van der Waals surface area contributed by atoms with E-state index in [1.54, 1.807) is 19.2 Å². The van der Waals surface area contributed by atoms with Crippen molar-refractivity contribution in [2.45, 2.75) is 19.4 Å². The number of rotatable bonds is 6. The van der Waals surface area contributed by atoms with Crippen molar-refractivity contribution in [3.05, 3.63) is 30.1 Å². The molecule has 1 fully saturated rings. The number of hydrogen-bond acceptors (Lipinski definition) is 3. The molecule has 1 aliphatic heterocycles. The second-order valence-electron chi connectivity index (χ2n) is 6.14. The van der Waals surface area contributed by atoms with Crippen LogP contribution in [0.15, 0.2) is 29.3 Å². The topological polar surface area (TPSA) is 48.9 Å². The predicted octanol–water partition coefficient (Wildman–Crippen LogP) is 1.71. The summed E-state index contributed by atoms with van der Waals surface area (Å²) >= 11 is 0. The van der Waals surface area contributed by atoms with Crippen LogP contribution in [0.25, 0.3) is 0 Å². The highest BCUT2D eigenvalue weighted by atomic mass is 19.1. The zero-order valence-corrected chi connectivity index (χ0v) is 14.2. The lowest BCUT2D eigenvalue weighted by Gasteiger charge is -2.19. The fraction of sp³-hybridized carbons (Fsp3) is 0.588. The number of guanidine groups is 1. The van der Waals surface area contributed by atoms with Crippen LogP contribution >= 0.6 is 0 Å². The molecule has 0 bridgehead atoms. The number of likely N-dealkylation sites (tertiary alicyclic amines) is 1. The Balaban J connectivity index is 1.70. The van der Waals surface area contributed by atoms with Crippen LogP contribution in [0.2, 0.25) is 0 Å². The lowest BCUT2D eigenvalue weighted by molar-refractivity contribution is 0.223. The van der Waals surface area contributed by atoms with Crippen LogP contribution in [0.5, 0.6) is 5.75 Å². The highest BCUT2D eigenvalue weighted by Gasteiger charge is 2.19. The Morgan fingerprint density at radius 3 is 2.96 bits per heavy atom. The normalized spacial score (nSPS) is 20.3. The third-order valence-electron chi connectivity index (χ3n) is 3.96. The van der Waals surface area contributed by atoms with Crippen molar-refractivity contribution in [2.24, 2.45) is 10.9 Å². The van der Waals surface area contributed by atoms with Gasteiger partial charge >= 0.3 is 0 Å². The molecule has 1 aliphatic rings. The molecule has 2 N–H and O–H groups in total. The Morgan fingerprint density at radius 2 is 2.30 bits per heavy atom. The van der Waals surface area contributed by atoms with E-state index in [2.05, 4.69) is 27.6 Å². The van der Waals surface area contributed by atoms with Crippen molar-refractivity contribution in [3.63, 3.8) is 0 Å². The Morgan fingerprint density at radius 1 is 1.48 bits per heavy atom. The molecular weight excluding hydrogens is 295 g/mol. The van der Waals surface area contributed by atoms with Gasteiger partial charge < -0.3 is 20.3 Å². The molecule has 1 saturated heterocycles. The number of benzene rings is 1. The van der Waals surface area contributed by atoms with E-state index < -0.39 is 0 Å². The molecule has 23 heavy (non-hydrogen) atoms. The molecule has 1 aromatic rings. The lowest BCUT2D eigenvalue weighted by atomic mass is 10.1. The van der Waals surface area contributed by atoms with Crippen LogP contribution < -0.4 is 15.4 Å². The van der Waals surface area contributed by atoms with Crippen molar-refractivity contribution in [1.82, 2.24) is 15.5 Å². The standard InChI is InChI=1S/C17H27FN4O/c1-13(23-16-6-4-5-15(18)9-16)10-20-17(19-2)21-11-14-7-8-22(3)12-14/h4-6,9,13-14H,7-8,10-12H2,1-3H3,(H2,19,20,21). The lowest BCUT2D eigenvalue weighted by Crippen LogP contribution is -2.43. The molecule has 2 rings (SSSR count). The molecule has 0 aliphatic carbocycles. The van der Waals surface area contributed by atoms with Gasteiger partial charge in [0.2, 0.25) is 0 Å². The fourth-order valence-electron chi connectivity index (χ4n) is 2.71. The van der Waals surface area contributed by atoms with E-state index >= 15 is 0 Å². The molecule has 128 valence electrons. The van der Waals surface area contributed by atoms with Crippen molar-refractivity contribution >= 4 is 5.96 Å². The first-order chi connectivity index (χ1) is 11.1. The average molecular weight is 322 g/mol. The van der Waals surface area contributed by atoms with Gasteiger partial charge in [0.15, 0.2) is 5.96 Å². The largest absolute Gasteiger partial charge is 0.489 e. The Bertz CT molecular complexity index is 523. The van der Waals surface area contributed by atoms with E-state index in [1.165, 1.54) is 18.6 Å². The summed E-state index contributed by atoms with van der Waals surface area (Å²) in [5, 5.41) is 6.60. The van der Waals surface area contributed by atoms with Crippen molar-refractivity contribution in [1.29, 1.82) is 0 Å². The number of halogens is 1. The van der Waals surface area contributed by atoms with Gasteiger partial charge in [0, 0.05) is 26.2 Å². The van der Waals surface area contributed by atoms with E-state index in [0.717, 1.165) is 25.6 Å². The van der Waals surface area contributed by atoms with Gasteiger partial charge in [-0.15, -0.1) is 0 Å². The maximum absolute atomic E-state index is 13.1. The minimum Gasteiger partial charge on any atom is -0.489 e. The summed E-state index contributed by atoms with van der Waals surface area (Å²) in [5.74, 6) is 1.69. The predicted molar refractivity (Wildman–Crippen MR) is 91.5 cm³/mol. The van der Waals surface area contributed by atoms with E-state index in [9.17, 15) is 4.39 Å². The van der Waals surface area contributed by atoms with Gasteiger partial charge in [0.05, 0.1) is 6.54 Å². The molecule has 6 heteroatoms. The number of nitrogens with one attached hydrogen (secondary N) is 2. The second-order valence-corrected chi connectivity index (χ2v) is 6.14. The molecule has 2 unspecified atom stereocenters. The first kappa shape index (κ1) is 17.5. The zero-order valence-electron chi connectivity index (χ0n) is 14.2. The SMILES string of the molecule is CN=C(NCC1CCN(C)C1)NCC(C)Oc1cccc(F)c1. The smallest absolute Gasteiger partial charge is 0.191 e. The van der Waals surface area contributed by atoms with Crippen LogP contribution in [0, 0.1) is 11.7 Å². The monoisotopic (exact) mass is 322 g/mol. The van der Waals surface area contributed by atoms with Gasteiger partial charge in [-0.3, -0.25) is 4.99 Å². The minimum absolute atomic E-state index is 0.0898. The summed E-state index contributed by atoms with van der Waals surface area (Å²) < 4.78 is 18.8. The third-order valence-corrected chi connectivity index (χ3v) is 3.96. The summed E-state index contributed by atoms with van der Waals surface area (Å²) in [4.78, 5) is 6.57. The van der Waals surface area contributed by atoms with Crippen LogP contribution in [-0.4, -0.2) is 57.2 Å². The van der Waals surface area contributed by atoms with Crippen LogP contribution in [0.3, 0.4) is 0 Å². The van der Waals surface area contributed by atoms with Crippen molar-refractivity contribution < 1.29 is 9.13 Å². The average Bonchev–Trinajstić information content (AvgIpc) is 2.93. The first-order valence-corrected chi connectivity index (χ1v) is 8.12. The van der Waals surface area contributed by atoms with E-state index in [4.69, 9.17) is 4.74 Å². The molecule has 0 radical (unpaired) electrons. The number of aliphatic imine (C=N–C) groups is 1. The maximum atomic E-state index is 13.1. The second kappa shape index (κ2) is 8.72.